The molecule has 0 spiro atoms. The Morgan fingerprint density at radius 2 is 2.18 bits per heavy atom. The molecule has 0 radical (unpaired) electrons. The van der Waals surface area contributed by atoms with Crippen molar-refractivity contribution in [3.05, 3.63) is 23.3 Å². The zero-order chi connectivity index (χ0) is 11.8. The van der Waals surface area contributed by atoms with E-state index in [-0.39, 0.29) is 0 Å². The standard InChI is InChI=1S/C14H20N2O/c1-17-14-8-10-6-12-4-2-3-5-16(12)9-11(10)7-13(14)15/h7-8,12H,2-6,9,15H2,1H3. The smallest absolute Gasteiger partial charge is 0.142 e. The van der Waals surface area contributed by atoms with Crippen LogP contribution in [0.25, 0.3) is 0 Å². The van der Waals surface area contributed by atoms with E-state index in [0.717, 1.165) is 30.4 Å². The number of hydrogen-bond donors (Lipinski definition) is 1. The van der Waals surface area contributed by atoms with E-state index in [1.54, 1.807) is 7.11 Å². The van der Waals surface area contributed by atoms with Crippen LogP contribution in [0.2, 0.25) is 0 Å². The van der Waals surface area contributed by atoms with Crippen molar-refractivity contribution in [3.63, 3.8) is 0 Å². The molecule has 1 aromatic rings. The molecule has 17 heavy (non-hydrogen) atoms. The summed E-state index contributed by atoms with van der Waals surface area (Å²) < 4.78 is 5.31. The van der Waals surface area contributed by atoms with E-state index in [9.17, 15) is 0 Å². The van der Waals surface area contributed by atoms with Crippen LogP contribution in [0, 0.1) is 0 Å². The lowest BCUT2D eigenvalue weighted by Gasteiger charge is -2.40. The van der Waals surface area contributed by atoms with E-state index < -0.39 is 0 Å². The van der Waals surface area contributed by atoms with Gasteiger partial charge in [0, 0.05) is 12.6 Å². The number of ether oxygens (including phenoxy) is 1. The summed E-state index contributed by atoms with van der Waals surface area (Å²) in [5.41, 5.74) is 9.57. The van der Waals surface area contributed by atoms with Crippen LogP contribution in [0.5, 0.6) is 5.75 Å². The average molecular weight is 232 g/mol. The highest BCUT2D eigenvalue weighted by Crippen LogP contribution is 2.34. The van der Waals surface area contributed by atoms with Crippen LogP contribution in [0.4, 0.5) is 5.69 Å². The predicted octanol–water partition coefficient (Wildman–Crippen LogP) is 2.19. The second-order valence-electron chi connectivity index (χ2n) is 5.19. The summed E-state index contributed by atoms with van der Waals surface area (Å²) >= 11 is 0. The topological polar surface area (TPSA) is 38.5 Å². The third-order valence-electron chi connectivity index (χ3n) is 4.13. The second-order valence-corrected chi connectivity index (χ2v) is 5.19. The number of hydrogen-bond acceptors (Lipinski definition) is 3. The van der Waals surface area contributed by atoms with Gasteiger partial charge in [-0.1, -0.05) is 6.42 Å². The highest BCUT2D eigenvalue weighted by atomic mass is 16.5. The van der Waals surface area contributed by atoms with Crippen LogP contribution >= 0.6 is 0 Å². The Hall–Kier alpha value is -1.22. The number of nitrogen functional groups attached to an aromatic ring is 1. The normalized spacial score (nSPS) is 23.9. The van der Waals surface area contributed by atoms with E-state index in [1.165, 1.54) is 36.9 Å². The van der Waals surface area contributed by atoms with Crippen LogP contribution in [0.15, 0.2) is 12.1 Å². The highest BCUT2D eigenvalue weighted by Gasteiger charge is 2.28. The molecule has 3 rings (SSSR count). The fourth-order valence-corrected chi connectivity index (χ4v) is 3.17. The van der Waals surface area contributed by atoms with Gasteiger partial charge in [-0.2, -0.15) is 0 Å². The minimum atomic E-state index is 0.740. The quantitative estimate of drug-likeness (QED) is 0.754. The van der Waals surface area contributed by atoms with Gasteiger partial charge in [0.05, 0.1) is 12.8 Å². The average Bonchev–Trinajstić information content (AvgIpc) is 2.35. The largest absolute Gasteiger partial charge is 0.495 e. The number of rotatable bonds is 1. The minimum Gasteiger partial charge on any atom is -0.495 e. The summed E-state index contributed by atoms with van der Waals surface area (Å²) in [6.07, 6.45) is 5.22. The molecule has 0 amide bonds. The van der Waals surface area contributed by atoms with Crippen LogP contribution in [0.1, 0.15) is 30.4 Å². The summed E-state index contributed by atoms with van der Waals surface area (Å²) in [4.78, 5) is 2.61. The molecular formula is C14H20N2O. The summed E-state index contributed by atoms with van der Waals surface area (Å²) in [5.74, 6) is 0.827. The fourth-order valence-electron chi connectivity index (χ4n) is 3.17. The molecule has 2 aliphatic rings. The van der Waals surface area contributed by atoms with Gasteiger partial charge in [-0.05, 0) is 49.1 Å². The zero-order valence-corrected chi connectivity index (χ0v) is 10.4. The van der Waals surface area contributed by atoms with Crippen LogP contribution in [-0.4, -0.2) is 24.6 Å². The van der Waals surface area contributed by atoms with Gasteiger partial charge in [-0.25, -0.2) is 0 Å². The minimum absolute atomic E-state index is 0.740. The molecule has 2 aliphatic heterocycles. The van der Waals surface area contributed by atoms with E-state index >= 15 is 0 Å². The Kier molecular flexibility index (Phi) is 2.71. The van der Waals surface area contributed by atoms with Gasteiger partial charge in [-0.3, -0.25) is 4.90 Å². The van der Waals surface area contributed by atoms with Crippen LogP contribution in [0.3, 0.4) is 0 Å². The molecule has 0 aromatic heterocycles. The van der Waals surface area contributed by atoms with Crippen molar-refractivity contribution in [1.29, 1.82) is 0 Å². The van der Waals surface area contributed by atoms with Crippen LogP contribution < -0.4 is 10.5 Å². The molecule has 92 valence electrons. The molecule has 0 saturated carbocycles. The van der Waals surface area contributed by atoms with Crippen molar-refractivity contribution in [3.8, 4) is 5.75 Å². The third kappa shape index (κ3) is 1.89. The van der Waals surface area contributed by atoms with Gasteiger partial charge in [0.1, 0.15) is 5.75 Å². The Bertz CT molecular complexity index is 430. The number of nitrogens with zero attached hydrogens (tertiary/aromatic N) is 1. The molecule has 3 heteroatoms. The van der Waals surface area contributed by atoms with E-state index in [0.29, 0.717) is 0 Å². The predicted molar refractivity (Wildman–Crippen MR) is 69.2 cm³/mol. The van der Waals surface area contributed by atoms with Crippen molar-refractivity contribution >= 4 is 5.69 Å². The Morgan fingerprint density at radius 3 is 3.00 bits per heavy atom. The first-order valence-corrected chi connectivity index (χ1v) is 6.47. The molecule has 1 unspecified atom stereocenters. The maximum Gasteiger partial charge on any atom is 0.142 e. The van der Waals surface area contributed by atoms with Crippen LogP contribution in [-0.2, 0) is 13.0 Å². The molecule has 2 heterocycles. The van der Waals surface area contributed by atoms with Crippen molar-refractivity contribution in [2.45, 2.75) is 38.3 Å². The Balaban J connectivity index is 1.94. The van der Waals surface area contributed by atoms with Gasteiger partial charge >= 0.3 is 0 Å². The Morgan fingerprint density at radius 1 is 1.29 bits per heavy atom. The van der Waals surface area contributed by atoms with Crippen molar-refractivity contribution in [2.24, 2.45) is 0 Å². The van der Waals surface area contributed by atoms with Gasteiger partial charge in [0.15, 0.2) is 0 Å². The van der Waals surface area contributed by atoms with Crippen molar-refractivity contribution in [2.75, 3.05) is 19.4 Å². The highest BCUT2D eigenvalue weighted by molar-refractivity contribution is 5.57. The fraction of sp³-hybridized carbons (Fsp3) is 0.571. The molecule has 0 bridgehead atoms. The first-order chi connectivity index (χ1) is 8.28. The molecule has 2 N–H and O–H groups in total. The Labute approximate surface area is 103 Å². The summed E-state index contributed by atoms with van der Waals surface area (Å²) in [6.45, 7) is 2.31. The van der Waals surface area contributed by atoms with Gasteiger partial charge in [0.2, 0.25) is 0 Å². The molecule has 3 nitrogen and oxygen atoms in total. The maximum absolute atomic E-state index is 5.98. The lowest BCUT2D eigenvalue weighted by Crippen LogP contribution is -2.43. The van der Waals surface area contributed by atoms with Crippen molar-refractivity contribution in [1.82, 2.24) is 4.90 Å². The first-order valence-electron chi connectivity index (χ1n) is 6.47. The molecule has 1 atom stereocenters. The molecule has 1 saturated heterocycles. The number of piperidine rings is 1. The van der Waals surface area contributed by atoms with E-state index in [4.69, 9.17) is 10.5 Å². The van der Waals surface area contributed by atoms with Gasteiger partial charge in [0.25, 0.3) is 0 Å². The maximum atomic E-state index is 5.98. The first kappa shape index (κ1) is 10.9. The number of fused-ring (bicyclic) bond motifs is 2. The lowest BCUT2D eigenvalue weighted by molar-refractivity contribution is 0.127. The number of anilines is 1. The summed E-state index contributed by atoms with van der Waals surface area (Å²) in [5, 5.41) is 0. The third-order valence-corrected chi connectivity index (χ3v) is 4.13. The number of nitrogens with two attached hydrogens (primary N) is 1. The van der Waals surface area contributed by atoms with Gasteiger partial charge in [-0.15, -0.1) is 0 Å². The molecule has 1 aromatic carbocycles. The number of benzene rings is 1. The number of methoxy groups -OCH3 is 1. The lowest BCUT2D eigenvalue weighted by atomic mass is 9.88. The van der Waals surface area contributed by atoms with E-state index in [1.807, 2.05) is 0 Å². The summed E-state index contributed by atoms with van der Waals surface area (Å²) in [6, 6.07) is 4.97. The second kappa shape index (κ2) is 4.22. The molecule has 1 fully saturated rings. The van der Waals surface area contributed by atoms with Gasteiger partial charge < -0.3 is 10.5 Å². The van der Waals surface area contributed by atoms with Crippen molar-refractivity contribution < 1.29 is 4.74 Å². The SMILES string of the molecule is COc1cc2c(cc1N)CN1CCCCC1C2. The zero-order valence-electron chi connectivity index (χ0n) is 10.4. The molecular weight excluding hydrogens is 212 g/mol. The summed E-state index contributed by atoms with van der Waals surface area (Å²) in [7, 11) is 1.69. The van der Waals surface area contributed by atoms with E-state index in [2.05, 4.69) is 17.0 Å². The monoisotopic (exact) mass is 232 g/mol. The molecule has 0 aliphatic carbocycles.